The molecular weight excluding hydrogens is 516 g/mol. The predicted octanol–water partition coefficient (Wildman–Crippen LogP) is 16.3. The van der Waals surface area contributed by atoms with E-state index in [-0.39, 0.29) is 0 Å². The molecule has 0 aromatic rings. The van der Waals surface area contributed by atoms with Crippen molar-refractivity contribution >= 4 is 0 Å². The first kappa shape index (κ1) is 42.2. The molecule has 0 aliphatic carbocycles. The average molecular weight is 599 g/mol. The minimum atomic E-state index is 1.23. The monoisotopic (exact) mass is 599 g/mol. The Morgan fingerprint density at radius 2 is 0.558 bits per heavy atom. The Morgan fingerprint density at radius 1 is 0.302 bits per heavy atom. The minimum Gasteiger partial charge on any atom is -0.0845 e. The van der Waals surface area contributed by atoms with Crippen LogP contribution in [0.3, 0.4) is 0 Å². The fourth-order valence-electron chi connectivity index (χ4n) is 6.30. The maximum atomic E-state index is 2.32. The van der Waals surface area contributed by atoms with Gasteiger partial charge in [0.2, 0.25) is 0 Å². The number of rotatable bonds is 36. The topological polar surface area (TPSA) is 0 Å². The van der Waals surface area contributed by atoms with E-state index in [1.54, 1.807) is 0 Å². The summed E-state index contributed by atoms with van der Waals surface area (Å²) in [4.78, 5) is 0. The molecule has 0 spiro atoms. The van der Waals surface area contributed by atoms with Gasteiger partial charge >= 0.3 is 0 Å². The zero-order chi connectivity index (χ0) is 31.2. The Kier molecular flexibility index (Phi) is 38.5. The van der Waals surface area contributed by atoms with Gasteiger partial charge in [-0.3, -0.25) is 0 Å². The minimum absolute atomic E-state index is 1.23. The molecule has 43 heavy (non-hydrogen) atoms. The van der Waals surface area contributed by atoms with Gasteiger partial charge in [-0.25, -0.2) is 0 Å². The zero-order valence-corrected chi connectivity index (χ0v) is 30.4. The second-order valence-electron chi connectivity index (χ2n) is 14.2. The summed E-state index contributed by atoms with van der Waals surface area (Å²) in [5, 5.41) is 0. The summed E-state index contributed by atoms with van der Waals surface area (Å²) in [6.07, 6.45) is 60.7. The molecule has 0 aliphatic rings. The Labute approximate surface area is 274 Å². The third kappa shape index (κ3) is 41.2. The van der Waals surface area contributed by atoms with Crippen LogP contribution in [-0.4, -0.2) is 0 Å². The standard InChI is InChI=1S/C43H82/c1-4-5-6-7-8-9-10-11-12-13-14-15-16-17-18-19-20-21-22-23-24-25-26-27-28-29-30-31-32-33-34-35-36-37-38-39-40-41-42-43(2)3/h38-42H,4-37H2,1-3H3. The third-order valence-corrected chi connectivity index (χ3v) is 9.26. The van der Waals surface area contributed by atoms with E-state index in [4.69, 9.17) is 0 Å². The van der Waals surface area contributed by atoms with E-state index in [2.05, 4.69) is 51.2 Å². The molecule has 0 unspecified atom stereocenters. The van der Waals surface area contributed by atoms with E-state index in [0.29, 0.717) is 0 Å². The fraction of sp³-hybridized carbons (Fsp3) is 0.860. The number of allylic oxidation sites excluding steroid dienone is 6. The van der Waals surface area contributed by atoms with Crippen molar-refractivity contribution in [2.24, 2.45) is 0 Å². The SMILES string of the molecule is CCCCCCCCCCCCCCCCCCCCCCCCCCCCCCCCCCCC=CC=CC=C(C)C. The molecule has 0 saturated heterocycles. The van der Waals surface area contributed by atoms with Crippen molar-refractivity contribution in [2.45, 2.75) is 239 Å². The Hall–Kier alpha value is -0.780. The van der Waals surface area contributed by atoms with Crippen molar-refractivity contribution in [1.82, 2.24) is 0 Å². The lowest BCUT2D eigenvalue weighted by atomic mass is 10.0. The lowest BCUT2D eigenvalue weighted by Crippen LogP contribution is -1.85. The van der Waals surface area contributed by atoms with E-state index >= 15 is 0 Å². The molecule has 254 valence electrons. The van der Waals surface area contributed by atoms with Gasteiger partial charge in [0.15, 0.2) is 0 Å². The normalized spacial score (nSPS) is 11.8. The van der Waals surface area contributed by atoms with Gasteiger partial charge in [0.1, 0.15) is 0 Å². The van der Waals surface area contributed by atoms with Crippen LogP contribution in [0.5, 0.6) is 0 Å². The molecule has 0 atom stereocenters. The second kappa shape index (κ2) is 39.2. The first-order valence-corrected chi connectivity index (χ1v) is 20.2. The summed E-state index contributed by atoms with van der Waals surface area (Å²) >= 11 is 0. The lowest BCUT2D eigenvalue weighted by Gasteiger charge is -2.05. The molecule has 0 aliphatic heterocycles. The largest absolute Gasteiger partial charge is 0.0845 e. The lowest BCUT2D eigenvalue weighted by molar-refractivity contribution is 0.511. The van der Waals surface area contributed by atoms with Crippen molar-refractivity contribution < 1.29 is 0 Å². The van der Waals surface area contributed by atoms with Crippen LogP contribution in [0.1, 0.15) is 239 Å². The fourth-order valence-corrected chi connectivity index (χ4v) is 6.30. The van der Waals surface area contributed by atoms with Crippen molar-refractivity contribution in [3.05, 3.63) is 36.0 Å². The van der Waals surface area contributed by atoms with Crippen molar-refractivity contribution in [1.29, 1.82) is 0 Å². The summed E-state index contributed by atoms with van der Waals surface area (Å²) < 4.78 is 0. The molecule has 0 aromatic heterocycles. The summed E-state index contributed by atoms with van der Waals surface area (Å²) in [6.45, 7) is 6.58. The predicted molar refractivity (Wildman–Crippen MR) is 200 cm³/mol. The van der Waals surface area contributed by atoms with Crippen molar-refractivity contribution in [3.63, 3.8) is 0 Å². The smallest absolute Gasteiger partial charge is 0.0348 e. The highest BCUT2D eigenvalue weighted by Crippen LogP contribution is 2.17. The van der Waals surface area contributed by atoms with Gasteiger partial charge in [-0.15, -0.1) is 0 Å². The van der Waals surface area contributed by atoms with Crippen molar-refractivity contribution in [2.75, 3.05) is 0 Å². The molecule has 0 nitrogen and oxygen atoms in total. The van der Waals surface area contributed by atoms with E-state index in [1.165, 1.54) is 224 Å². The second-order valence-corrected chi connectivity index (χ2v) is 14.2. The highest BCUT2D eigenvalue weighted by atomic mass is 14.0. The third-order valence-electron chi connectivity index (χ3n) is 9.26. The number of unbranched alkanes of at least 4 members (excludes halogenated alkanes) is 33. The van der Waals surface area contributed by atoms with E-state index in [1.807, 2.05) is 0 Å². The number of hydrogen-bond donors (Lipinski definition) is 0. The molecule has 0 fully saturated rings. The molecule has 0 amide bonds. The average Bonchev–Trinajstić information content (AvgIpc) is 3.00. The first-order chi connectivity index (χ1) is 21.3. The van der Waals surface area contributed by atoms with E-state index < -0.39 is 0 Å². The van der Waals surface area contributed by atoms with Gasteiger partial charge in [0, 0.05) is 0 Å². The first-order valence-electron chi connectivity index (χ1n) is 20.2. The molecule has 0 rings (SSSR count). The Morgan fingerprint density at radius 3 is 0.814 bits per heavy atom. The summed E-state index contributed by atoms with van der Waals surface area (Å²) in [7, 11) is 0. The van der Waals surface area contributed by atoms with Gasteiger partial charge in [-0.1, -0.05) is 248 Å². The van der Waals surface area contributed by atoms with Gasteiger partial charge < -0.3 is 0 Å². The van der Waals surface area contributed by atoms with Crippen LogP contribution in [0.25, 0.3) is 0 Å². The summed E-state index contributed by atoms with van der Waals surface area (Å²) in [5.41, 5.74) is 1.36. The quantitative estimate of drug-likeness (QED) is 0.0497. The van der Waals surface area contributed by atoms with E-state index in [9.17, 15) is 0 Å². The molecular formula is C43H82. The Bertz CT molecular complexity index is 575. The number of hydrogen-bond acceptors (Lipinski definition) is 0. The van der Waals surface area contributed by atoms with Crippen LogP contribution in [0.15, 0.2) is 36.0 Å². The van der Waals surface area contributed by atoms with Gasteiger partial charge in [0.25, 0.3) is 0 Å². The Balaban J connectivity index is 3.09. The van der Waals surface area contributed by atoms with Crippen LogP contribution >= 0.6 is 0 Å². The summed E-state index contributed by atoms with van der Waals surface area (Å²) in [6, 6.07) is 0. The van der Waals surface area contributed by atoms with Gasteiger partial charge in [-0.05, 0) is 26.7 Å². The zero-order valence-electron chi connectivity index (χ0n) is 30.4. The van der Waals surface area contributed by atoms with Crippen LogP contribution in [0.2, 0.25) is 0 Å². The van der Waals surface area contributed by atoms with Crippen molar-refractivity contribution in [3.8, 4) is 0 Å². The molecule has 0 radical (unpaired) electrons. The molecule has 0 aromatic carbocycles. The van der Waals surface area contributed by atoms with Gasteiger partial charge in [-0.2, -0.15) is 0 Å². The molecule has 0 heteroatoms. The molecule has 0 heterocycles. The van der Waals surface area contributed by atoms with Gasteiger partial charge in [0.05, 0.1) is 0 Å². The van der Waals surface area contributed by atoms with E-state index in [0.717, 1.165) is 0 Å². The maximum absolute atomic E-state index is 2.32. The summed E-state index contributed by atoms with van der Waals surface area (Å²) in [5.74, 6) is 0. The maximum Gasteiger partial charge on any atom is -0.0348 e. The highest BCUT2D eigenvalue weighted by Gasteiger charge is 1.97. The molecule has 0 saturated carbocycles. The van der Waals surface area contributed by atoms with Crippen LogP contribution in [-0.2, 0) is 0 Å². The van der Waals surface area contributed by atoms with Crippen LogP contribution in [0, 0.1) is 0 Å². The molecule has 0 N–H and O–H groups in total. The highest BCUT2D eigenvalue weighted by molar-refractivity contribution is 5.14. The molecule has 0 bridgehead atoms. The van der Waals surface area contributed by atoms with Crippen LogP contribution in [0.4, 0.5) is 0 Å². The van der Waals surface area contributed by atoms with Crippen LogP contribution < -0.4 is 0 Å².